The van der Waals surface area contributed by atoms with Gasteiger partial charge in [0.15, 0.2) is 0 Å². The molecule has 10 aromatic carbocycles. The molecule has 1 nitrogen and oxygen atoms in total. The summed E-state index contributed by atoms with van der Waals surface area (Å²) in [4.78, 5) is 2.55. The molecule has 0 fully saturated rings. The third kappa shape index (κ3) is 5.29. The van der Waals surface area contributed by atoms with Crippen LogP contribution in [0.2, 0.25) is 0 Å². The van der Waals surface area contributed by atoms with E-state index in [1.165, 1.54) is 138 Å². The molecule has 0 heterocycles. The zero-order valence-electron chi connectivity index (χ0n) is 39.2. The number of hydrogen-bond acceptors (Lipinski definition) is 1. The van der Waals surface area contributed by atoms with Crippen LogP contribution in [0.25, 0.3) is 76.8 Å². The number of fused-ring (bicyclic) bond motifs is 14. The molecule has 0 spiro atoms. The minimum atomic E-state index is -0.241. The van der Waals surface area contributed by atoms with E-state index in [4.69, 9.17) is 0 Å². The molecule has 0 saturated heterocycles. The number of benzene rings is 10. The second-order valence-corrected chi connectivity index (χ2v) is 21.1. The van der Waals surface area contributed by atoms with Crippen molar-refractivity contribution in [1.82, 2.24) is 0 Å². The molecule has 0 amide bonds. The van der Waals surface area contributed by atoms with Crippen LogP contribution in [0.15, 0.2) is 176 Å². The quantitative estimate of drug-likeness (QED) is 0.171. The van der Waals surface area contributed by atoms with Crippen molar-refractivity contribution in [3.05, 3.63) is 220 Å². The van der Waals surface area contributed by atoms with Gasteiger partial charge in [-0.05, 0) is 184 Å². The van der Waals surface area contributed by atoms with Gasteiger partial charge in [-0.25, -0.2) is 0 Å². The lowest BCUT2D eigenvalue weighted by atomic mass is 9.80. The highest BCUT2D eigenvalue weighted by Gasteiger charge is 2.41. The van der Waals surface area contributed by atoms with Gasteiger partial charge < -0.3 is 4.90 Å². The van der Waals surface area contributed by atoms with E-state index in [1.54, 1.807) is 0 Å². The molecule has 3 aliphatic carbocycles. The second-order valence-electron chi connectivity index (χ2n) is 21.1. The number of anilines is 3. The Bertz CT molecular complexity index is 3760. The molecule has 0 bridgehead atoms. The van der Waals surface area contributed by atoms with Gasteiger partial charge in [-0.15, -0.1) is 0 Å². The topological polar surface area (TPSA) is 3.24 Å². The molecule has 0 aromatic heterocycles. The van der Waals surface area contributed by atoms with Crippen molar-refractivity contribution in [2.24, 2.45) is 0 Å². The van der Waals surface area contributed by atoms with Crippen molar-refractivity contribution in [2.45, 2.75) is 71.6 Å². The van der Waals surface area contributed by atoms with Crippen LogP contribution in [0.3, 0.4) is 0 Å². The Hall–Kier alpha value is -7.22. The summed E-state index contributed by atoms with van der Waals surface area (Å²) in [5, 5.41) is 7.83. The molecule has 0 radical (unpaired) electrons. The van der Waals surface area contributed by atoms with Gasteiger partial charge in [-0.3, -0.25) is 0 Å². The van der Waals surface area contributed by atoms with Gasteiger partial charge in [0.25, 0.3) is 0 Å². The van der Waals surface area contributed by atoms with Crippen LogP contribution in [0.1, 0.15) is 86.1 Å². The van der Waals surface area contributed by atoms with Crippen molar-refractivity contribution < 1.29 is 0 Å². The Kier molecular flexibility index (Phi) is 7.97. The van der Waals surface area contributed by atoms with Crippen molar-refractivity contribution in [1.29, 1.82) is 0 Å². The number of rotatable bonds is 4. The van der Waals surface area contributed by atoms with E-state index in [9.17, 15) is 0 Å². The lowest BCUT2D eigenvalue weighted by Crippen LogP contribution is -2.19. The van der Waals surface area contributed by atoms with E-state index in [0.717, 1.165) is 0 Å². The fourth-order valence-electron chi connectivity index (χ4n) is 12.6. The summed E-state index contributed by atoms with van der Waals surface area (Å²) in [7, 11) is 0. The van der Waals surface area contributed by atoms with Gasteiger partial charge in [-0.1, -0.05) is 168 Å². The lowest BCUT2D eigenvalue weighted by molar-refractivity contribution is 0.660. The summed E-state index contributed by atoms with van der Waals surface area (Å²) >= 11 is 0. The van der Waals surface area contributed by atoms with Crippen LogP contribution in [-0.2, 0) is 16.2 Å². The third-order valence-electron chi connectivity index (χ3n) is 16.2. The highest BCUT2D eigenvalue weighted by molar-refractivity contribution is 6.10. The average Bonchev–Trinajstić information content (AvgIpc) is 3.80. The molecule has 0 aliphatic heterocycles. The van der Waals surface area contributed by atoms with Crippen LogP contribution in [-0.4, -0.2) is 0 Å². The molecule has 0 unspecified atom stereocenters. The van der Waals surface area contributed by atoms with Crippen LogP contribution in [0, 0.1) is 13.8 Å². The standard InChI is InChI=1S/C65H53N/c1-38-21-22-39(2)52(31-38)53-37-60-62(49-20-14-13-19-47(49)53)51-29-26-45(36-59(51)65(60,7)8)66(43-24-27-48-54-32-41-16-9-10-17-42(41)33-56(54)64(5,6)57(48)34-43)44-25-28-50-58(35-44)63(3,4)55-30-23-40-15-11-12-18-46(40)61(50)55/h9-37H,1-8H3. The van der Waals surface area contributed by atoms with E-state index in [2.05, 4.69) is 236 Å². The van der Waals surface area contributed by atoms with Crippen LogP contribution >= 0.6 is 0 Å². The fraction of sp³-hybridized carbons (Fsp3) is 0.169. The van der Waals surface area contributed by atoms with Gasteiger partial charge in [-0.2, -0.15) is 0 Å². The largest absolute Gasteiger partial charge is 0.310 e. The third-order valence-corrected chi connectivity index (χ3v) is 16.2. The molecule has 318 valence electrons. The highest BCUT2D eigenvalue weighted by Crippen LogP contribution is 2.58. The zero-order chi connectivity index (χ0) is 45.0. The number of aryl methyl sites for hydroxylation is 2. The zero-order valence-corrected chi connectivity index (χ0v) is 39.2. The van der Waals surface area contributed by atoms with Crippen molar-refractivity contribution >= 4 is 49.4 Å². The molecule has 1 heteroatoms. The normalized spacial score (nSPS) is 15.3. The summed E-state index contributed by atoms with van der Waals surface area (Å²) in [5.74, 6) is 0. The van der Waals surface area contributed by atoms with Crippen LogP contribution < -0.4 is 4.90 Å². The van der Waals surface area contributed by atoms with Crippen molar-refractivity contribution in [3.63, 3.8) is 0 Å². The summed E-state index contributed by atoms with van der Waals surface area (Å²) in [6.45, 7) is 19.0. The predicted molar refractivity (Wildman–Crippen MR) is 281 cm³/mol. The molecule has 0 N–H and O–H groups in total. The summed E-state index contributed by atoms with van der Waals surface area (Å²) in [5.41, 5.74) is 24.5. The van der Waals surface area contributed by atoms with E-state index in [1.807, 2.05) is 0 Å². The molecular formula is C65H53N. The molecule has 13 rings (SSSR count). The van der Waals surface area contributed by atoms with Gasteiger partial charge in [0.1, 0.15) is 0 Å². The van der Waals surface area contributed by atoms with E-state index < -0.39 is 0 Å². The first-order chi connectivity index (χ1) is 31.8. The minimum Gasteiger partial charge on any atom is -0.310 e. The lowest BCUT2D eigenvalue weighted by Gasteiger charge is -2.31. The van der Waals surface area contributed by atoms with Gasteiger partial charge in [0, 0.05) is 33.3 Å². The fourth-order valence-corrected chi connectivity index (χ4v) is 12.6. The van der Waals surface area contributed by atoms with Crippen LogP contribution in [0.4, 0.5) is 17.1 Å². The first-order valence-corrected chi connectivity index (χ1v) is 23.7. The Morgan fingerprint density at radius 2 is 0.803 bits per heavy atom. The Morgan fingerprint density at radius 3 is 1.47 bits per heavy atom. The Morgan fingerprint density at radius 1 is 0.303 bits per heavy atom. The first-order valence-electron chi connectivity index (χ1n) is 23.7. The Labute approximate surface area is 389 Å². The molecule has 66 heavy (non-hydrogen) atoms. The van der Waals surface area contributed by atoms with E-state index >= 15 is 0 Å². The molecular weight excluding hydrogens is 795 g/mol. The minimum absolute atomic E-state index is 0.171. The molecule has 0 atom stereocenters. The van der Waals surface area contributed by atoms with E-state index in [0.29, 0.717) is 0 Å². The van der Waals surface area contributed by atoms with Crippen molar-refractivity contribution in [3.8, 4) is 44.5 Å². The second kappa shape index (κ2) is 13.4. The summed E-state index contributed by atoms with van der Waals surface area (Å²) < 4.78 is 0. The predicted octanol–water partition coefficient (Wildman–Crippen LogP) is 17.8. The maximum Gasteiger partial charge on any atom is 0.0465 e. The van der Waals surface area contributed by atoms with Crippen LogP contribution in [0.5, 0.6) is 0 Å². The van der Waals surface area contributed by atoms with Crippen molar-refractivity contribution in [2.75, 3.05) is 4.90 Å². The highest BCUT2D eigenvalue weighted by atomic mass is 15.1. The average molecular weight is 848 g/mol. The maximum absolute atomic E-state index is 2.55. The maximum atomic E-state index is 2.55. The first kappa shape index (κ1) is 39.2. The molecule has 3 aliphatic rings. The summed E-state index contributed by atoms with van der Waals surface area (Å²) in [6, 6.07) is 67.5. The number of nitrogens with zero attached hydrogens (tertiary/aromatic N) is 1. The molecule has 0 saturated carbocycles. The Balaban J connectivity index is 1.02. The molecule has 10 aromatic rings. The number of hydrogen-bond donors (Lipinski definition) is 0. The van der Waals surface area contributed by atoms with Gasteiger partial charge >= 0.3 is 0 Å². The van der Waals surface area contributed by atoms with Gasteiger partial charge in [0.2, 0.25) is 0 Å². The monoisotopic (exact) mass is 847 g/mol. The SMILES string of the molecule is Cc1ccc(C)c(-c2cc3c(c4ccccc24)-c2ccc(N(c4ccc5c(c4)C(C)(C)c4cc6ccccc6cc4-5)c4ccc5c(c4)C(C)(C)c4ccc6ccccc6c4-5)cc2C3(C)C)c1. The summed E-state index contributed by atoms with van der Waals surface area (Å²) in [6.07, 6.45) is 0. The van der Waals surface area contributed by atoms with Gasteiger partial charge in [0.05, 0.1) is 0 Å². The smallest absolute Gasteiger partial charge is 0.0465 e. The van der Waals surface area contributed by atoms with E-state index in [-0.39, 0.29) is 16.2 Å².